The fourth-order valence-corrected chi connectivity index (χ4v) is 2.63. The molecule has 1 aromatic heterocycles. The zero-order valence-electron chi connectivity index (χ0n) is 12.9. The molecule has 1 amide bonds. The Hall–Kier alpha value is -2.54. The van der Waals surface area contributed by atoms with Crippen molar-refractivity contribution >= 4 is 11.6 Å². The Kier molecular flexibility index (Phi) is 5.00. The number of aromatic nitrogens is 1. The number of carbonyl (C=O) groups excluding carboxylic acids is 1. The minimum Gasteiger partial charge on any atom is -0.489 e. The van der Waals surface area contributed by atoms with Crippen molar-refractivity contribution < 1.29 is 18.3 Å². The van der Waals surface area contributed by atoms with Gasteiger partial charge in [-0.2, -0.15) is 0 Å². The van der Waals surface area contributed by atoms with Crippen molar-refractivity contribution in [3.05, 3.63) is 54.4 Å². The summed E-state index contributed by atoms with van der Waals surface area (Å²) < 4.78 is 32.2. The first-order valence-electron chi connectivity index (χ1n) is 7.64. The number of likely N-dealkylation sites (tertiary alicyclic amines) is 1. The summed E-state index contributed by atoms with van der Waals surface area (Å²) in [5.41, 5.74) is -0.0230. The maximum Gasteiger partial charge on any atom is 0.238 e. The molecule has 1 aliphatic heterocycles. The molecule has 3 rings (SSSR count). The average molecular weight is 333 g/mol. The van der Waals surface area contributed by atoms with Crippen LogP contribution in [0.2, 0.25) is 0 Å². The number of halogens is 2. The van der Waals surface area contributed by atoms with E-state index in [0.717, 1.165) is 30.8 Å². The van der Waals surface area contributed by atoms with Crippen LogP contribution in [0.1, 0.15) is 6.42 Å². The molecule has 0 bridgehead atoms. The first-order valence-corrected chi connectivity index (χ1v) is 7.64. The predicted octanol–water partition coefficient (Wildman–Crippen LogP) is 2.45. The summed E-state index contributed by atoms with van der Waals surface area (Å²) >= 11 is 0. The maximum absolute atomic E-state index is 13.5. The van der Waals surface area contributed by atoms with Crippen molar-refractivity contribution in [3.63, 3.8) is 0 Å². The second-order valence-corrected chi connectivity index (χ2v) is 5.62. The van der Waals surface area contributed by atoms with Crippen LogP contribution in [0, 0.1) is 11.6 Å². The van der Waals surface area contributed by atoms with Crippen molar-refractivity contribution in [3.8, 4) is 5.75 Å². The Bertz CT molecular complexity index is 712. The molecule has 1 N–H and O–H groups in total. The molecule has 0 spiro atoms. The Morgan fingerprint density at radius 2 is 2.08 bits per heavy atom. The molecule has 1 saturated heterocycles. The van der Waals surface area contributed by atoms with Crippen LogP contribution in [-0.4, -0.2) is 41.5 Å². The largest absolute Gasteiger partial charge is 0.489 e. The third-order valence-electron chi connectivity index (χ3n) is 3.75. The highest BCUT2D eigenvalue weighted by Crippen LogP contribution is 2.18. The van der Waals surface area contributed by atoms with Gasteiger partial charge in [0, 0.05) is 31.5 Å². The number of nitrogens with zero attached hydrogens (tertiary/aromatic N) is 2. The topological polar surface area (TPSA) is 54.5 Å². The van der Waals surface area contributed by atoms with Crippen LogP contribution in [0.5, 0.6) is 5.75 Å². The van der Waals surface area contributed by atoms with E-state index in [1.54, 1.807) is 24.5 Å². The molecular weight excluding hydrogens is 316 g/mol. The molecule has 0 aliphatic carbocycles. The van der Waals surface area contributed by atoms with E-state index in [2.05, 4.69) is 10.3 Å². The number of carbonyl (C=O) groups is 1. The normalized spacial score (nSPS) is 17.7. The predicted molar refractivity (Wildman–Crippen MR) is 84.7 cm³/mol. The molecular formula is C17H17F2N3O2. The van der Waals surface area contributed by atoms with Crippen LogP contribution in [-0.2, 0) is 4.79 Å². The molecule has 1 aromatic carbocycles. The third kappa shape index (κ3) is 4.26. The lowest BCUT2D eigenvalue weighted by molar-refractivity contribution is -0.117. The first-order chi connectivity index (χ1) is 11.6. The summed E-state index contributed by atoms with van der Waals surface area (Å²) in [5.74, 6) is -1.07. The lowest BCUT2D eigenvalue weighted by atomic mass is 10.3. The summed E-state index contributed by atoms with van der Waals surface area (Å²) in [6, 6.07) is 6.62. The smallest absolute Gasteiger partial charge is 0.238 e. The molecule has 24 heavy (non-hydrogen) atoms. The summed E-state index contributed by atoms with van der Waals surface area (Å²) in [6.07, 6.45) is 4.13. The highest BCUT2D eigenvalue weighted by atomic mass is 19.1. The van der Waals surface area contributed by atoms with Crippen molar-refractivity contribution in [2.45, 2.75) is 12.5 Å². The van der Waals surface area contributed by atoms with Gasteiger partial charge >= 0.3 is 0 Å². The van der Waals surface area contributed by atoms with Gasteiger partial charge in [-0.05, 0) is 30.7 Å². The van der Waals surface area contributed by atoms with E-state index < -0.39 is 11.6 Å². The molecule has 0 saturated carbocycles. The number of benzene rings is 1. The monoisotopic (exact) mass is 333 g/mol. The number of ether oxygens (including phenoxy) is 1. The fraction of sp³-hybridized carbons (Fsp3) is 0.294. The second-order valence-electron chi connectivity index (χ2n) is 5.62. The van der Waals surface area contributed by atoms with Crippen molar-refractivity contribution in [1.29, 1.82) is 0 Å². The molecule has 7 heteroatoms. The molecule has 0 radical (unpaired) electrons. The summed E-state index contributed by atoms with van der Waals surface area (Å²) in [6.45, 7) is 1.46. The molecule has 5 nitrogen and oxygen atoms in total. The van der Waals surface area contributed by atoms with Crippen LogP contribution in [0.25, 0.3) is 0 Å². The highest BCUT2D eigenvalue weighted by molar-refractivity contribution is 5.92. The van der Waals surface area contributed by atoms with E-state index >= 15 is 0 Å². The molecule has 1 unspecified atom stereocenters. The summed E-state index contributed by atoms with van der Waals surface area (Å²) in [4.78, 5) is 17.9. The van der Waals surface area contributed by atoms with Gasteiger partial charge in [0.1, 0.15) is 23.5 Å². The zero-order chi connectivity index (χ0) is 16.9. The van der Waals surface area contributed by atoms with E-state index in [4.69, 9.17) is 4.74 Å². The molecule has 1 fully saturated rings. The van der Waals surface area contributed by atoms with Gasteiger partial charge in [0.15, 0.2) is 0 Å². The van der Waals surface area contributed by atoms with Gasteiger partial charge in [0.05, 0.1) is 12.2 Å². The van der Waals surface area contributed by atoms with Crippen LogP contribution in [0.15, 0.2) is 42.7 Å². The van der Waals surface area contributed by atoms with Gasteiger partial charge in [0.25, 0.3) is 0 Å². The van der Waals surface area contributed by atoms with Gasteiger partial charge in [-0.25, -0.2) is 8.78 Å². The molecule has 1 atom stereocenters. The van der Waals surface area contributed by atoms with Crippen LogP contribution in [0.3, 0.4) is 0 Å². The SMILES string of the molecule is O=C(CN1CCC(Oc2ccncc2)C1)Nc1ccc(F)cc1F. The van der Waals surface area contributed by atoms with E-state index in [-0.39, 0.29) is 24.2 Å². The van der Waals surface area contributed by atoms with Crippen LogP contribution >= 0.6 is 0 Å². The van der Waals surface area contributed by atoms with Crippen molar-refractivity contribution in [2.24, 2.45) is 0 Å². The Morgan fingerprint density at radius 1 is 1.29 bits per heavy atom. The number of anilines is 1. The lowest BCUT2D eigenvalue weighted by Crippen LogP contribution is -2.33. The highest BCUT2D eigenvalue weighted by Gasteiger charge is 2.25. The van der Waals surface area contributed by atoms with Gasteiger partial charge < -0.3 is 10.1 Å². The fourth-order valence-electron chi connectivity index (χ4n) is 2.63. The Balaban J connectivity index is 1.49. The molecule has 126 valence electrons. The van der Waals surface area contributed by atoms with Gasteiger partial charge in [-0.15, -0.1) is 0 Å². The molecule has 1 aliphatic rings. The summed E-state index contributed by atoms with van der Waals surface area (Å²) in [5, 5.41) is 2.46. The molecule has 2 aromatic rings. The Labute approximate surface area is 138 Å². The van der Waals surface area contributed by atoms with Gasteiger partial charge in [-0.3, -0.25) is 14.7 Å². The average Bonchev–Trinajstić information content (AvgIpc) is 2.98. The Morgan fingerprint density at radius 3 is 2.83 bits per heavy atom. The number of pyridine rings is 1. The van der Waals surface area contributed by atoms with E-state index in [1.807, 2.05) is 4.90 Å². The van der Waals surface area contributed by atoms with Crippen molar-refractivity contribution in [2.75, 3.05) is 25.0 Å². The lowest BCUT2D eigenvalue weighted by Gasteiger charge is -2.16. The number of nitrogens with one attached hydrogen (secondary N) is 1. The minimum absolute atomic E-state index is 0.00255. The van der Waals surface area contributed by atoms with E-state index in [1.165, 1.54) is 6.07 Å². The van der Waals surface area contributed by atoms with Crippen molar-refractivity contribution in [1.82, 2.24) is 9.88 Å². The number of rotatable bonds is 5. The van der Waals surface area contributed by atoms with E-state index in [9.17, 15) is 13.6 Å². The van der Waals surface area contributed by atoms with Gasteiger partial charge in [-0.1, -0.05) is 0 Å². The second kappa shape index (κ2) is 7.35. The third-order valence-corrected chi connectivity index (χ3v) is 3.75. The number of amides is 1. The van der Waals surface area contributed by atoms with Crippen LogP contribution in [0.4, 0.5) is 14.5 Å². The number of hydrogen-bond donors (Lipinski definition) is 1. The van der Waals surface area contributed by atoms with E-state index in [0.29, 0.717) is 6.54 Å². The quantitative estimate of drug-likeness (QED) is 0.913. The molecule has 2 heterocycles. The van der Waals surface area contributed by atoms with Crippen LogP contribution < -0.4 is 10.1 Å². The first kappa shape index (κ1) is 16.3. The minimum atomic E-state index is -0.788. The van der Waals surface area contributed by atoms with Gasteiger partial charge in [0.2, 0.25) is 5.91 Å². The summed E-state index contributed by atoms with van der Waals surface area (Å²) in [7, 11) is 0. The maximum atomic E-state index is 13.5. The number of hydrogen-bond acceptors (Lipinski definition) is 4. The zero-order valence-corrected chi connectivity index (χ0v) is 12.9. The standard InChI is InChI=1S/C17H17F2N3O2/c18-12-1-2-16(15(19)9-12)21-17(23)11-22-8-5-14(10-22)24-13-3-6-20-7-4-13/h1-4,6-7,9,14H,5,8,10-11H2,(H,21,23).